The minimum absolute atomic E-state index is 0.0227. The van der Waals surface area contributed by atoms with Crippen molar-refractivity contribution in [3.63, 3.8) is 0 Å². The van der Waals surface area contributed by atoms with E-state index >= 15 is 0 Å². The molecule has 1 saturated heterocycles. The molecule has 1 aliphatic heterocycles. The molecule has 2 aromatic carbocycles. The zero-order valence-electron chi connectivity index (χ0n) is 17.8. The zero-order chi connectivity index (χ0) is 21.6. The van der Waals surface area contributed by atoms with Crippen LogP contribution in [0.3, 0.4) is 0 Å². The normalized spacial score (nSPS) is 14.5. The Labute approximate surface area is 181 Å². The lowest BCUT2D eigenvalue weighted by Gasteiger charge is -2.32. The van der Waals surface area contributed by atoms with Crippen LogP contribution in [0.2, 0.25) is 0 Å². The van der Waals surface area contributed by atoms with E-state index < -0.39 is 0 Å². The number of carbonyl (C=O) groups excluding carboxylic acids is 2. The molecule has 3 aromatic rings. The standard InChI is InChI=1S/C24H28N4O3/c1-17-4-7-20(8-5-17)31-14-2-3-23(29)27-19-10-12-28(13-11-19)24(30)18-6-9-21-22(15-18)26-16-25-21/h4-9,15-16,19H,2-3,10-14H2,1H3,(H,25,26)(H,27,29). The first kappa shape index (κ1) is 20.9. The van der Waals surface area contributed by atoms with Gasteiger partial charge in [-0.3, -0.25) is 9.59 Å². The number of ether oxygens (including phenoxy) is 1. The first-order valence-electron chi connectivity index (χ1n) is 10.8. The van der Waals surface area contributed by atoms with Gasteiger partial charge in [-0.2, -0.15) is 0 Å². The number of fused-ring (bicyclic) bond motifs is 1. The number of carbonyl (C=O) groups is 2. The van der Waals surface area contributed by atoms with Crippen molar-refractivity contribution in [3.8, 4) is 5.75 Å². The van der Waals surface area contributed by atoms with Crippen molar-refractivity contribution in [1.29, 1.82) is 0 Å². The first-order valence-corrected chi connectivity index (χ1v) is 10.8. The van der Waals surface area contributed by atoms with Gasteiger partial charge < -0.3 is 19.9 Å². The quantitative estimate of drug-likeness (QED) is 0.573. The number of benzene rings is 2. The fourth-order valence-corrected chi connectivity index (χ4v) is 3.84. The number of aromatic nitrogens is 2. The topological polar surface area (TPSA) is 87.3 Å². The molecule has 0 unspecified atom stereocenters. The van der Waals surface area contributed by atoms with Gasteiger partial charge in [0.25, 0.3) is 5.91 Å². The van der Waals surface area contributed by atoms with Crippen LogP contribution in [0.1, 0.15) is 41.6 Å². The largest absolute Gasteiger partial charge is 0.494 e. The second-order valence-corrected chi connectivity index (χ2v) is 8.03. The van der Waals surface area contributed by atoms with E-state index in [0.29, 0.717) is 38.1 Å². The van der Waals surface area contributed by atoms with Crippen LogP contribution < -0.4 is 10.1 Å². The Bertz CT molecular complexity index is 1040. The minimum Gasteiger partial charge on any atom is -0.494 e. The van der Waals surface area contributed by atoms with Gasteiger partial charge in [-0.25, -0.2) is 4.98 Å². The predicted molar refractivity (Wildman–Crippen MR) is 119 cm³/mol. The van der Waals surface area contributed by atoms with E-state index in [2.05, 4.69) is 15.3 Å². The van der Waals surface area contributed by atoms with Crippen molar-refractivity contribution >= 4 is 22.8 Å². The monoisotopic (exact) mass is 420 g/mol. The smallest absolute Gasteiger partial charge is 0.253 e. The second-order valence-electron chi connectivity index (χ2n) is 8.03. The van der Waals surface area contributed by atoms with Crippen LogP contribution in [0.5, 0.6) is 5.75 Å². The summed E-state index contributed by atoms with van der Waals surface area (Å²) >= 11 is 0. The van der Waals surface area contributed by atoms with E-state index in [-0.39, 0.29) is 17.9 Å². The molecule has 7 heteroatoms. The third kappa shape index (κ3) is 5.42. The summed E-state index contributed by atoms with van der Waals surface area (Å²) in [6, 6.07) is 13.5. The minimum atomic E-state index is 0.0227. The van der Waals surface area contributed by atoms with Crippen LogP contribution in [0.4, 0.5) is 0 Å². The molecule has 0 saturated carbocycles. The highest BCUT2D eigenvalue weighted by Gasteiger charge is 2.24. The fraction of sp³-hybridized carbons (Fsp3) is 0.375. The maximum atomic E-state index is 12.8. The summed E-state index contributed by atoms with van der Waals surface area (Å²) in [5.74, 6) is 0.895. The Morgan fingerprint density at radius 1 is 1.16 bits per heavy atom. The van der Waals surface area contributed by atoms with Crippen LogP contribution in [0.15, 0.2) is 48.8 Å². The van der Waals surface area contributed by atoms with E-state index in [1.165, 1.54) is 5.56 Å². The maximum Gasteiger partial charge on any atom is 0.253 e. The van der Waals surface area contributed by atoms with Crippen molar-refractivity contribution in [2.75, 3.05) is 19.7 Å². The fourth-order valence-electron chi connectivity index (χ4n) is 3.84. The summed E-state index contributed by atoms with van der Waals surface area (Å²) < 4.78 is 5.68. The summed E-state index contributed by atoms with van der Waals surface area (Å²) in [7, 11) is 0. The Hall–Kier alpha value is -3.35. The Morgan fingerprint density at radius 3 is 2.71 bits per heavy atom. The number of nitrogens with one attached hydrogen (secondary N) is 2. The number of hydrogen-bond donors (Lipinski definition) is 2. The number of aryl methyl sites for hydroxylation is 1. The lowest BCUT2D eigenvalue weighted by molar-refractivity contribution is -0.122. The number of H-pyrrole nitrogens is 1. The molecule has 31 heavy (non-hydrogen) atoms. The highest BCUT2D eigenvalue weighted by atomic mass is 16.5. The van der Waals surface area contributed by atoms with Gasteiger partial charge in [0.15, 0.2) is 0 Å². The SMILES string of the molecule is Cc1ccc(OCCCC(=O)NC2CCN(C(=O)c3ccc4nc[nH]c4c3)CC2)cc1. The number of rotatable bonds is 7. The molecule has 0 atom stereocenters. The molecule has 1 aromatic heterocycles. The molecule has 0 spiro atoms. The summed E-state index contributed by atoms with van der Waals surface area (Å²) in [4.78, 5) is 34.1. The van der Waals surface area contributed by atoms with Crippen molar-refractivity contribution in [1.82, 2.24) is 20.2 Å². The van der Waals surface area contributed by atoms with Crippen LogP contribution in [0, 0.1) is 6.92 Å². The highest BCUT2D eigenvalue weighted by Crippen LogP contribution is 2.17. The van der Waals surface area contributed by atoms with Crippen molar-refractivity contribution in [2.45, 2.75) is 38.6 Å². The van der Waals surface area contributed by atoms with E-state index in [4.69, 9.17) is 4.74 Å². The molecule has 2 amide bonds. The lowest BCUT2D eigenvalue weighted by atomic mass is 10.0. The number of piperidine rings is 1. The molecule has 7 nitrogen and oxygen atoms in total. The average Bonchev–Trinajstić information content (AvgIpc) is 3.26. The molecule has 0 aliphatic carbocycles. The van der Waals surface area contributed by atoms with Crippen LogP contribution in [-0.4, -0.2) is 52.4 Å². The van der Waals surface area contributed by atoms with Gasteiger partial charge in [0.2, 0.25) is 5.91 Å². The van der Waals surface area contributed by atoms with Gasteiger partial charge in [-0.05, 0) is 56.5 Å². The molecular formula is C24H28N4O3. The molecule has 2 N–H and O–H groups in total. The summed E-state index contributed by atoms with van der Waals surface area (Å²) in [5, 5.41) is 3.10. The summed E-state index contributed by atoms with van der Waals surface area (Å²) in [5.41, 5.74) is 3.56. The molecule has 0 bridgehead atoms. The molecule has 4 rings (SSSR count). The van der Waals surface area contributed by atoms with Gasteiger partial charge in [0, 0.05) is 31.1 Å². The molecule has 0 radical (unpaired) electrons. The Morgan fingerprint density at radius 2 is 1.94 bits per heavy atom. The zero-order valence-corrected chi connectivity index (χ0v) is 17.8. The van der Waals surface area contributed by atoms with E-state index in [0.717, 1.165) is 29.6 Å². The molecule has 1 fully saturated rings. The molecule has 162 valence electrons. The summed E-state index contributed by atoms with van der Waals surface area (Å²) in [6.07, 6.45) is 4.28. The van der Waals surface area contributed by atoms with Crippen molar-refractivity contribution in [2.24, 2.45) is 0 Å². The molecule has 1 aliphatic rings. The van der Waals surface area contributed by atoms with Gasteiger partial charge in [0.05, 0.1) is 24.0 Å². The highest BCUT2D eigenvalue weighted by molar-refractivity contribution is 5.97. The third-order valence-electron chi connectivity index (χ3n) is 5.65. The first-order chi connectivity index (χ1) is 15.1. The van der Waals surface area contributed by atoms with Crippen LogP contribution >= 0.6 is 0 Å². The van der Waals surface area contributed by atoms with Crippen LogP contribution in [0.25, 0.3) is 11.0 Å². The van der Waals surface area contributed by atoms with E-state index in [9.17, 15) is 9.59 Å². The Kier molecular flexibility index (Phi) is 6.50. The van der Waals surface area contributed by atoms with E-state index in [1.807, 2.05) is 54.3 Å². The number of likely N-dealkylation sites (tertiary alicyclic amines) is 1. The summed E-state index contributed by atoms with van der Waals surface area (Å²) in [6.45, 7) is 3.83. The number of nitrogens with zero attached hydrogens (tertiary/aromatic N) is 2. The third-order valence-corrected chi connectivity index (χ3v) is 5.65. The Balaban J connectivity index is 1.16. The van der Waals surface area contributed by atoms with Gasteiger partial charge in [-0.15, -0.1) is 0 Å². The predicted octanol–water partition coefficient (Wildman–Crippen LogP) is 3.45. The molecule has 2 heterocycles. The van der Waals surface area contributed by atoms with Gasteiger partial charge in [-0.1, -0.05) is 17.7 Å². The lowest BCUT2D eigenvalue weighted by Crippen LogP contribution is -2.46. The van der Waals surface area contributed by atoms with Crippen molar-refractivity contribution in [3.05, 3.63) is 59.9 Å². The van der Waals surface area contributed by atoms with Crippen molar-refractivity contribution < 1.29 is 14.3 Å². The second kappa shape index (κ2) is 9.64. The number of imidazole rings is 1. The van der Waals surface area contributed by atoms with E-state index in [1.54, 1.807) is 6.33 Å². The number of aromatic amines is 1. The van der Waals surface area contributed by atoms with Gasteiger partial charge >= 0.3 is 0 Å². The molecular weight excluding hydrogens is 392 g/mol. The van der Waals surface area contributed by atoms with Crippen LogP contribution in [-0.2, 0) is 4.79 Å². The number of amides is 2. The number of hydrogen-bond acceptors (Lipinski definition) is 4. The maximum absolute atomic E-state index is 12.8. The van der Waals surface area contributed by atoms with Gasteiger partial charge in [0.1, 0.15) is 5.75 Å². The average molecular weight is 421 g/mol.